The largest absolute Gasteiger partial charge is 0.496 e. The van der Waals surface area contributed by atoms with E-state index in [2.05, 4.69) is 12.1 Å². The normalized spacial score (nSPS) is 11.8. The second-order valence-corrected chi connectivity index (χ2v) is 3.33. The Hall–Kier alpha value is -1.24. The summed E-state index contributed by atoms with van der Waals surface area (Å²) in [4.78, 5) is 0. The molecule has 0 aliphatic carbocycles. The molecule has 1 aromatic carbocycles. The molecule has 0 amide bonds. The van der Waals surface area contributed by atoms with Crippen LogP contribution in [0.3, 0.4) is 0 Å². The van der Waals surface area contributed by atoms with Crippen LogP contribution < -0.4 is 0 Å². The van der Waals surface area contributed by atoms with E-state index in [9.17, 15) is 0 Å². The first-order chi connectivity index (χ1) is 6.18. The van der Waals surface area contributed by atoms with Crippen molar-refractivity contribution < 1.29 is 4.74 Å². The number of hydrogen-bond donors (Lipinski definition) is 0. The zero-order valence-corrected chi connectivity index (χ0v) is 8.45. The smallest absolute Gasteiger partial charge is 0.0938 e. The lowest BCUT2D eigenvalue weighted by atomic mass is 10.2. The summed E-state index contributed by atoms with van der Waals surface area (Å²) >= 11 is 0. The molecule has 0 saturated carbocycles. The summed E-state index contributed by atoms with van der Waals surface area (Å²) in [5.41, 5.74) is 1.18. The van der Waals surface area contributed by atoms with Crippen LogP contribution in [0.1, 0.15) is 26.3 Å². The van der Waals surface area contributed by atoms with Crippen molar-refractivity contribution in [1.29, 1.82) is 0 Å². The molecular formula is C12H16O. The molecule has 1 aromatic rings. The van der Waals surface area contributed by atoms with Crippen LogP contribution in [0, 0.1) is 0 Å². The third kappa shape index (κ3) is 3.79. The molecule has 0 spiro atoms. The molecule has 0 atom stereocenters. The quantitative estimate of drug-likeness (QED) is 0.641. The fourth-order valence-corrected chi connectivity index (χ4v) is 1.19. The third-order valence-electron chi connectivity index (χ3n) is 1.59. The topological polar surface area (TPSA) is 9.23 Å². The van der Waals surface area contributed by atoms with Gasteiger partial charge in [-0.05, 0) is 32.4 Å². The molecule has 0 aliphatic rings. The van der Waals surface area contributed by atoms with E-state index < -0.39 is 0 Å². The van der Waals surface area contributed by atoms with Crippen molar-refractivity contribution in [2.24, 2.45) is 0 Å². The van der Waals surface area contributed by atoms with Crippen LogP contribution in [0.15, 0.2) is 36.1 Å². The lowest BCUT2D eigenvalue weighted by molar-refractivity contribution is 0.152. The molecule has 1 rings (SSSR count). The Morgan fingerprint density at radius 3 is 2.38 bits per heavy atom. The molecule has 1 heteroatoms. The first-order valence-electron chi connectivity index (χ1n) is 4.58. The summed E-state index contributed by atoms with van der Waals surface area (Å²) in [5, 5.41) is 0. The molecule has 0 heterocycles. The number of hydrogen-bond acceptors (Lipinski definition) is 1. The Labute approximate surface area is 80.0 Å². The number of rotatable bonds is 3. The van der Waals surface area contributed by atoms with Crippen molar-refractivity contribution >= 4 is 6.08 Å². The molecule has 0 saturated heterocycles. The van der Waals surface area contributed by atoms with Crippen molar-refractivity contribution in [2.45, 2.75) is 26.9 Å². The second kappa shape index (κ2) is 4.70. The Balaban J connectivity index is 2.66. The summed E-state index contributed by atoms with van der Waals surface area (Å²) in [6.07, 6.45) is 2.29. The zero-order valence-electron chi connectivity index (χ0n) is 8.45. The van der Waals surface area contributed by atoms with E-state index >= 15 is 0 Å². The SMILES string of the molecule is C/C(=C\c1ccccc1)OC(C)C. The molecular weight excluding hydrogens is 160 g/mol. The fraction of sp³-hybridized carbons (Fsp3) is 0.333. The summed E-state index contributed by atoms with van der Waals surface area (Å²) in [7, 11) is 0. The maximum Gasteiger partial charge on any atom is 0.0938 e. The molecule has 0 aromatic heterocycles. The Morgan fingerprint density at radius 2 is 1.85 bits per heavy atom. The van der Waals surface area contributed by atoms with Gasteiger partial charge < -0.3 is 4.74 Å². The minimum absolute atomic E-state index is 0.250. The number of allylic oxidation sites excluding steroid dienone is 1. The van der Waals surface area contributed by atoms with Crippen LogP contribution in [0.25, 0.3) is 6.08 Å². The Bertz CT molecular complexity index is 272. The van der Waals surface area contributed by atoms with Gasteiger partial charge in [0.1, 0.15) is 0 Å². The van der Waals surface area contributed by atoms with Crippen molar-refractivity contribution in [3.63, 3.8) is 0 Å². The van der Waals surface area contributed by atoms with E-state index in [0.29, 0.717) is 0 Å². The maximum atomic E-state index is 5.52. The Kier molecular flexibility index (Phi) is 3.56. The van der Waals surface area contributed by atoms with Crippen molar-refractivity contribution in [2.75, 3.05) is 0 Å². The van der Waals surface area contributed by atoms with Crippen LogP contribution in [0.4, 0.5) is 0 Å². The molecule has 13 heavy (non-hydrogen) atoms. The van der Waals surface area contributed by atoms with Gasteiger partial charge in [0.2, 0.25) is 0 Å². The van der Waals surface area contributed by atoms with Gasteiger partial charge >= 0.3 is 0 Å². The molecule has 0 radical (unpaired) electrons. The van der Waals surface area contributed by atoms with Gasteiger partial charge in [-0.25, -0.2) is 0 Å². The van der Waals surface area contributed by atoms with E-state index in [0.717, 1.165) is 5.76 Å². The lowest BCUT2D eigenvalue weighted by Gasteiger charge is -2.09. The standard InChI is InChI=1S/C12H16O/c1-10(2)13-11(3)9-12-7-5-4-6-8-12/h4-10H,1-3H3/b11-9+. The van der Waals surface area contributed by atoms with Gasteiger partial charge in [-0.2, -0.15) is 0 Å². The molecule has 0 N–H and O–H groups in total. The first-order valence-corrected chi connectivity index (χ1v) is 4.58. The average molecular weight is 176 g/mol. The molecule has 0 aliphatic heterocycles. The minimum Gasteiger partial charge on any atom is -0.496 e. The highest BCUT2D eigenvalue weighted by Gasteiger charge is 1.94. The van der Waals surface area contributed by atoms with Crippen LogP contribution in [-0.4, -0.2) is 6.10 Å². The van der Waals surface area contributed by atoms with Gasteiger partial charge in [-0.3, -0.25) is 0 Å². The van der Waals surface area contributed by atoms with Gasteiger partial charge in [0.25, 0.3) is 0 Å². The summed E-state index contributed by atoms with van der Waals surface area (Å²) in [6.45, 7) is 6.04. The monoisotopic (exact) mass is 176 g/mol. The van der Waals surface area contributed by atoms with Crippen molar-refractivity contribution in [1.82, 2.24) is 0 Å². The highest BCUT2D eigenvalue weighted by Crippen LogP contribution is 2.08. The van der Waals surface area contributed by atoms with Crippen LogP contribution >= 0.6 is 0 Å². The van der Waals surface area contributed by atoms with E-state index in [1.807, 2.05) is 45.0 Å². The van der Waals surface area contributed by atoms with Gasteiger partial charge in [0.05, 0.1) is 11.9 Å². The predicted molar refractivity (Wildman–Crippen MR) is 56.3 cm³/mol. The lowest BCUT2D eigenvalue weighted by Crippen LogP contribution is -1.99. The first kappa shape index (κ1) is 9.85. The molecule has 1 nitrogen and oxygen atoms in total. The van der Waals surface area contributed by atoms with Gasteiger partial charge in [-0.15, -0.1) is 0 Å². The van der Waals surface area contributed by atoms with Gasteiger partial charge in [0, 0.05) is 0 Å². The summed E-state index contributed by atoms with van der Waals surface area (Å²) < 4.78 is 5.52. The van der Waals surface area contributed by atoms with Crippen molar-refractivity contribution in [3.8, 4) is 0 Å². The number of benzene rings is 1. The second-order valence-electron chi connectivity index (χ2n) is 3.33. The fourth-order valence-electron chi connectivity index (χ4n) is 1.19. The van der Waals surface area contributed by atoms with E-state index in [4.69, 9.17) is 4.74 Å². The van der Waals surface area contributed by atoms with E-state index in [1.54, 1.807) is 0 Å². The molecule has 0 bridgehead atoms. The molecule has 0 unspecified atom stereocenters. The van der Waals surface area contributed by atoms with Gasteiger partial charge in [0.15, 0.2) is 0 Å². The zero-order chi connectivity index (χ0) is 9.68. The maximum absolute atomic E-state index is 5.52. The molecule has 70 valence electrons. The summed E-state index contributed by atoms with van der Waals surface area (Å²) in [6, 6.07) is 10.2. The molecule has 0 fully saturated rings. The highest BCUT2D eigenvalue weighted by atomic mass is 16.5. The van der Waals surface area contributed by atoms with Crippen molar-refractivity contribution in [3.05, 3.63) is 41.7 Å². The average Bonchev–Trinajstić information content (AvgIpc) is 2.04. The van der Waals surface area contributed by atoms with Crippen LogP contribution in [0.2, 0.25) is 0 Å². The minimum atomic E-state index is 0.250. The number of ether oxygens (including phenoxy) is 1. The van der Waals surface area contributed by atoms with Crippen LogP contribution in [-0.2, 0) is 4.74 Å². The highest BCUT2D eigenvalue weighted by molar-refractivity contribution is 5.50. The van der Waals surface area contributed by atoms with Gasteiger partial charge in [-0.1, -0.05) is 30.3 Å². The Morgan fingerprint density at radius 1 is 1.23 bits per heavy atom. The van der Waals surface area contributed by atoms with E-state index in [1.165, 1.54) is 5.56 Å². The third-order valence-corrected chi connectivity index (χ3v) is 1.59. The van der Waals surface area contributed by atoms with Crippen LogP contribution in [0.5, 0.6) is 0 Å². The van der Waals surface area contributed by atoms with E-state index in [-0.39, 0.29) is 6.10 Å². The predicted octanol–water partition coefficient (Wildman–Crippen LogP) is 3.47. The summed E-state index contributed by atoms with van der Waals surface area (Å²) in [5.74, 6) is 0.959.